The number of carbonyl (C=O) groups excluding carboxylic acids is 1. The zero-order chi connectivity index (χ0) is 12.6. The molecule has 1 heterocycles. The van der Waals surface area contributed by atoms with Crippen molar-refractivity contribution in [1.82, 2.24) is 0 Å². The van der Waals surface area contributed by atoms with Gasteiger partial charge in [-0.15, -0.1) is 11.3 Å². The molecular formula is C12H11ClO3S. The zero-order valence-corrected chi connectivity index (χ0v) is 11.2. The summed E-state index contributed by atoms with van der Waals surface area (Å²) in [5.41, 5.74) is 0.971. The third-order valence-electron chi connectivity index (χ3n) is 2.36. The molecule has 17 heavy (non-hydrogen) atoms. The fourth-order valence-corrected chi connectivity index (χ4v) is 3.03. The molecule has 1 aromatic heterocycles. The molecule has 0 amide bonds. The Balaban J connectivity index is 2.69. The Morgan fingerprint density at radius 2 is 2.12 bits per heavy atom. The molecule has 0 radical (unpaired) electrons. The standard InChI is InChI=1S/C12H11ClO3S/c1-6-4-8(15-3)5-9-10(6)11(12(13)17-9)16-7(2)14/h4-5H,1-3H3. The number of rotatable bonds is 2. The van der Waals surface area contributed by atoms with Gasteiger partial charge < -0.3 is 9.47 Å². The monoisotopic (exact) mass is 270 g/mol. The van der Waals surface area contributed by atoms with Gasteiger partial charge in [-0.25, -0.2) is 0 Å². The normalized spacial score (nSPS) is 10.6. The second-order valence-electron chi connectivity index (χ2n) is 3.62. The quantitative estimate of drug-likeness (QED) is 0.779. The summed E-state index contributed by atoms with van der Waals surface area (Å²) in [6, 6.07) is 3.77. The second-order valence-corrected chi connectivity index (χ2v) is 5.27. The maximum atomic E-state index is 11.0. The molecule has 5 heteroatoms. The number of hydrogen-bond acceptors (Lipinski definition) is 4. The lowest BCUT2D eigenvalue weighted by molar-refractivity contribution is -0.131. The minimum absolute atomic E-state index is 0.373. The highest BCUT2D eigenvalue weighted by Crippen LogP contribution is 2.44. The van der Waals surface area contributed by atoms with Gasteiger partial charge in [0.15, 0.2) is 5.75 Å². The van der Waals surface area contributed by atoms with Crippen LogP contribution in [0.1, 0.15) is 12.5 Å². The molecule has 3 nitrogen and oxygen atoms in total. The zero-order valence-electron chi connectivity index (χ0n) is 9.67. The van der Waals surface area contributed by atoms with E-state index in [9.17, 15) is 4.79 Å². The average molecular weight is 271 g/mol. The summed E-state index contributed by atoms with van der Waals surface area (Å²) in [6.45, 7) is 3.29. The fourth-order valence-electron chi connectivity index (χ4n) is 1.69. The molecule has 0 aliphatic carbocycles. The lowest BCUT2D eigenvalue weighted by Crippen LogP contribution is -2.01. The number of aryl methyl sites for hydroxylation is 1. The van der Waals surface area contributed by atoms with Gasteiger partial charge in [0.2, 0.25) is 0 Å². The van der Waals surface area contributed by atoms with E-state index in [1.165, 1.54) is 18.3 Å². The number of benzene rings is 1. The van der Waals surface area contributed by atoms with Crippen molar-refractivity contribution in [2.45, 2.75) is 13.8 Å². The van der Waals surface area contributed by atoms with Crippen LogP contribution in [0.25, 0.3) is 10.1 Å². The van der Waals surface area contributed by atoms with Crippen molar-refractivity contribution in [2.75, 3.05) is 7.11 Å². The SMILES string of the molecule is COc1cc(C)c2c(OC(C)=O)c(Cl)sc2c1. The van der Waals surface area contributed by atoms with Gasteiger partial charge in [-0.3, -0.25) is 4.79 Å². The number of hydrogen-bond donors (Lipinski definition) is 0. The van der Waals surface area contributed by atoms with E-state index in [-0.39, 0.29) is 5.97 Å². The fraction of sp³-hybridized carbons (Fsp3) is 0.250. The largest absolute Gasteiger partial charge is 0.497 e. The molecule has 1 aromatic carbocycles. The lowest BCUT2D eigenvalue weighted by atomic mass is 10.1. The third-order valence-corrected chi connectivity index (χ3v) is 3.67. The first-order valence-corrected chi connectivity index (χ1v) is 6.17. The molecule has 0 spiro atoms. The van der Waals surface area contributed by atoms with Gasteiger partial charge >= 0.3 is 5.97 Å². The number of ether oxygens (including phenoxy) is 2. The van der Waals surface area contributed by atoms with Crippen molar-refractivity contribution in [2.24, 2.45) is 0 Å². The number of carbonyl (C=O) groups is 1. The molecule has 0 unspecified atom stereocenters. The van der Waals surface area contributed by atoms with E-state index in [1.807, 2.05) is 19.1 Å². The Bertz CT molecular complexity index is 589. The Labute approximate surface area is 108 Å². The van der Waals surface area contributed by atoms with E-state index in [1.54, 1.807) is 7.11 Å². The Hall–Kier alpha value is -1.26. The van der Waals surface area contributed by atoms with Crippen LogP contribution in [-0.2, 0) is 4.79 Å². The van der Waals surface area contributed by atoms with Crippen LogP contribution in [0.2, 0.25) is 4.34 Å². The number of methoxy groups -OCH3 is 1. The van der Waals surface area contributed by atoms with E-state index in [4.69, 9.17) is 21.1 Å². The maximum absolute atomic E-state index is 11.0. The topological polar surface area (TPSA) is 35.5 Å². The summed E-state index contributed by atoms with van der Waals surface area (Å²) in [6.07, 6.45) is 0. The number of fused-ring (bicyclic) bond motifs is 1. The van der Waals surface area contributed by atoms with E-state index in [2.05, 4.69) is 0 Å². The van der Waals surface area contributed by atoms with Crippen LogP contribution in [0, 0.1) is 6.92 Å². The highest BCUT2D eigenvalue weighted by Gasteiger charge is 2.16. The molecule has 0 N–H and O–H groups in total. The molecule has 0 bridgehead atoms. The predicted molar refractivity (Wildman–Crippen MR) is 69.4 cm³/mol. The van der Waals surface area contributed by atoms with Crippen molar-refractivity contribution < 1.29 is 14.3 Å². The van der Waals surface area contributed by atoms with E-state index in [0.717, 1.165) is 21.4 Å². The molecule has 0 fully saturated rings. The molecule has 0 aliphatic rings. The van der Waals surface area contributed by atoms with E-state index >= 15 is 0 Å². The van der Waals surface area contributed by atoms with Crippen LogP contribution in [-0.4, -0.2) is 13.1 Å². The molecule has 90 valence electrons. The summed E-state index contributed by atoms with van der Waals surface area (Å²) in [7, 11) is 1.61. The molecule has 0 saturated heterocycles. The predicted octanol–water partition coefficient (Wildman–Crippen LogP) is 3.80. The van der Waals surface area contributed by atoms with Gasteiger partial charge in [-0.1, -0.05) is 11.6 Å². The minimum Gasteiger partial charge on any atom is -0.497 e. The summed E-state index contributed by atoms with van der Waals surface area (Å²) >= 11 is 7.45. The van der Waals surface area contributed by atoms with E-state index in [0.29, 0.717) is 10.1 Å². The smallest absolute Gasteiger partial charge is 0.308 e. The van der Waals surface area contributed by atoms with Crippen molar-refractivity contribution in [3.8, 4) is 11.5 Å². The number of halogens is 1. The van der Waals surface area contributed by atoms with Crippen molar-refractivity contribution >= 4 is 39.0 Å². The number of esters is 1. The van der Waals surface area contributed by atoms with Crippen molar-refractivity contribution in [3.63, 3.8) is 0 Å². The van der Waals surface area contributed by atoms with Gasteiger partial charge in [-0.05, 0) is 24.6 Å². The van der Waals surface area contributed by atoms with Crippen LogP contribution in [0.4, 0.5) is 0 Å². The van der Waals surface area contributed by atoms with Crippen LogP contribution >= 0.6 is 22.9 Å². The van der Waals surface area contributed by atoms with E-state index < -0.39 is 0 Å². The molecule has 0 saturated carbocycles. The molecule has 0 aliphatic heterocycles. The number of thiophene rings is 1. The third kappa shape index (κ3) is 2.23. The van der Waals surface area contributed by atoms with Gasteiger partial charge in [-0.2, -0.15) is 0 Å². The summed E-state index contributed by atoms with van der Waals surface area (Å²) in [5.74, 6) is 0.837. The summed E-state index contributed by atoms with van der Waals surface area (Å²) in [4.78, 5) is 11.0. The molecule has 0 atom stereocenters. The molecule has 2 rings (SSSR count). The molecular weight excluding hydrogens is 260 g/mol. The van der Waals surface area contributed by atoms with Crippen LogP contribution < -0.4 is 9.47 Å². The Morgan fingerprint density at radius 3 is 2.71 bits per heavy atom. The van der Waals surface area contributed by atoms with Crippen molar-refractivity contribution in [3.05, 3.63) is 22.0 Å². The lowest BCUT2D eigenvalue weighted by Gasteiger charge is -2.05. The Morgan fingerprint density at radius 1 is 1.41 bits per heavy atom. The molecule has 2 aromatic rings. The average Bonchev–Trinajstić information content (AvgIpc) is 2.54. The first-order valence-electron chi connectivity index (χ1n) is 4.98. The van der Waals surface area contributed by atoms with Gasteiger partial charge in [0, 0.05) is 17.0 Å². The highest BCUT2D eigenvalue weighted by atomic mass is 35.5. The van der Waals surface area contributed by atoms with Crippen molar-refractivity contribution in [1.29, 1.82) is 0 Å². The maximum Gasteiger partial charge on any atom is 0.308 e. The first kappa shape index (κ1) is 12.2. The minimum atomic E-state index is -0.373. The van der Waals surface area contributed by atoms with Crippen LogP contribution in [0.15, 0.2) is 12.1 Å². The first-order chi connectivity index (χ1) is 8.02. The van der Waals surface area contributed by atoms with Gasteiger partial charge in [0.05, 0.1) is 7.11 Å². The summed E-state index contributed by atoms with van der Waals surface area (Å²) in [5, 5.41) is 0.871. The highest BCUT2D eigenvalue weighted by molar-refractivity contribution is 7.23. The van der Waals surface area contributed by atoms with Crippen LogP contribution in [0.3, 0.4) is 0 Å². The van der Waals surface area contributed by atoms with Gasteiger partial charge in [0.1, 0.15) is 10.1 Å². The van der Waals surface area contributed by atoms with Gasteiger partial charge in [0.25, 0.3) is 0 Å². The van der Waals surface area contributed by atoms with Crippen LogP contribution in [0.5, 0.6) is 11.5 Å². The Kier molecular flexibility index (Phi) is 3.26. The summed E-state index contributed by atoms with van der Waals surface area (Å²) < 4.78 is 11.8. The second kappa shape index (κ2) is 4.55.